The van der Waals surface area contributed by atoms with Gasteiger partial charge in [0.25, 0.3) is 5.91 Å². The van der Waals surface area contributed by atoms with Crippen LogP contribution < -0.4 is 5.32 Å². The van der Waals surface area contributed by atoms with E-state index in [2.05, 4.69) is 5.32 Å². The van der Waals surface area contributed by atoms with Crippen molar-refractivity contribution in [2.24, 2.45) is 5.92 Å². The van der Waals surface area contributed by atoms with Gasteiger partial charge in [0.1, 0.15) is 23.3 Å². The monoisotopic (exact) mass is 337 g/mol. The van der Waals surface area contributed by atoms with Crippen molar-refractivity contribution in [3.63, 3.8) is 0 Å². The lowest BCUT2D eigenvalue weighted by Crippen LogP contribution is -2.34. The molecule has 0 saturated heterocycles. The normalized spacial score (nSPS) is 22.3. The van der Waals surface area contributed by atoms with Gasteiger partial charge in [-0.25, -0.2) is 17.6 Å². The van der Waals surface area contributed by atoms with Crippen molar-refractivity contribution < 1.29 is 22.4 Å². The van der Waals surface area contributed by atoms with Gasteiger partial charge in [-0.2, -0.15) is 0 Å². The van der Waals surface area contributed by atoms with E-state index in [1.807, 2.05) is 6.92 Å². The molecule has 24 heavy (non-hydrogen) atoms. The van der Waals surface area contributed by atoms with E-state index in [0.717, 1.165) is 18.2 Å². The fourth-order valence-corrected chi connectivity index (χ4v) is 3.10. The third kappa shape index (κ3) is 2.88. The van der Waals surface area contributed by atoms with E-state index in [0.29, 0.717) is 18.1 Å². The first kappa shape index (κ1) is 16.5. The van der Waals surface area contributed by atoms with Crippen molar-refractivity contribution in [1.82, 2.24) is 5.32 Å². The summed E-state index contributed by atoms with van der Waals surface area (Å²) in [5.41, 5.74) is -0.583. The summed E-state index contributed by atoms with van der Waals surface area (Å²) in [6.45, 7) is 1.99. The highest BCUT2D eigenvalue weighted by molar-refractivity contribution is 5.94. The third-order valence-corrected chi connectivity index (χ3v) is 4.66. The lowest BCUT2D eigenvalue weighted by atomic mass is 9.92. The van der Waals surface area contributed by atoms with Crippen LogP contribution in [-0.4, -0.2) is 12.5 Å². The maximum absolute atomic E-state index is 14.1. The molecule has 1 amide bonds. The topological polar surface area (TPSA) is 29.1 Å². The Morgan fingerprint density at radius 1 is 1.08 bits per heavy atom. The zero-order valence-electron chi connectivity index (χ0n) is 12.9. The number of carbonyl (C=O) groups is 1. The molecule has 2 atom stereocenters. The summed E-state index contributed by atoms with van der Waals surface area (Å²) in [7, 11) is 0. The van der Waals surface area contributed by atoms with Crippen molar-refractivity contribution in [2.75, 3.05) is 6.54 Å². The molecule has 6 heteroatoms. The van der Waals surface area contributed by atoms with Crippen molar-refractivity contribution in [3.05, 3.63) is 70.8 Å². The fourth-order valence-electron chi connectivity index (χ4n) is 3.10. The van der Waals surface area contributed by atoms with E-state index in [1.54, 1.807) is 0 Å². The number of amides is 1. The van der Waals surface area contributed by atoms with Crippen molar-refractivity contribution >= 4 is 5.91 Å². The summed E-state index contributed by atoms with van der Waals surface area (Å²) in [5.74, 6) is -3.67. The van der Waals surface area contributed by atoms with Gasteiger partial charge in [0, 0.05) is 24.1 Å². The van der Waals surface area contributed by atoms with Gasteiger partial charge in [-0.1, -0.05) is 13.0 Å². The zero-order valence-corrected chi connectivity index (χ0v) is 12.9. The minimum absolute atomic E-state index is 0.0897. The Morgan fingerprint density at radius 2 is 1.67 bits per heavy atom. The summed E-state index contributed by atoms with van der Waals surface area (Å²) in [4.78, 5) is 12.1. The maximum Gasteiger partial charge on any atom is 0.254 e. The van der Waals surface area contributed by atoms with Gasteiger partial charge in [-0.3, -0.25) is 4.79 Å². The Bertz CT molecular complexity index is 808. The van der Waals surface area contributed by atoms with Gasteiger partial charge in [-0.15, -0.1) is 0 Å². The lowest BCUT2D eigenvalue weighted by molar-refractivity contribution is 0.0944. The number of benzene rings is 2. The number of rotatable bonds is 4. The van der Waals surface area contributed by atoms with Gasteiger partial charge in [0.2, 0.25) is 0 Å². The maximum atomic E-state index is 14.1. The van der Waals surface area contributed by atoms with Gasteiger partial charge < -0.3 is 5.32 Å². The highest BCUT2D eigenvalue weighted by Gasteiger charge is 2.53. The molecule has 0 heterocycles. The van der Waals surface area contributed by atoms with Gasteiger partial charge in [0.15, 0.2) is 0 Å². The van der Waals surface area contributed by atoms with Crippen LogP contribution in [0.3, 0.4) is 0 Å². The minimum atomic E-state index is -0.960. The van der Waals surface area contributed by atoms with Crippen LogP contribution in [0.2, 0.25) is 0 Å². The van der Waals surface area contributed by atoms with E-state index in [4.69, 9.17) is 0 Å². The molecule has 126 valence electrons. The lowest BCUT2D eigenvalue weighted by Gasteiger charge is -2.19. The van der Waals surface area contributed by atoms with Crippen LogP contribution in [0.1, 0.15) is 29.3 Å². The Kier molecular flexibility index (Phi) is 4.07. The van der Waals surface area contributed by atoms with Crippen LogP contribution in [0.25, 0.3) is 0 Å². The van der Waals surface area contributed by atoms with Crippen LogP contribution in [0.4, 0.5) is 17.6 Å². The second-order valence-corrected chi connectivity index (χ2v) is 6.19. The van der Waals surface area contributed by atoms with E-state index in [-0.39, 0.29) is 18.0 Å². The van der Waals surface area contributed by atoms with Crippen LogP contribution in [-0.2, 0) is 5.41 Å². The highest BCUT2D eigenvalue weighted by atomic mass is 19.1. The summed E-state index contributed by atoms with van der Waals surface area (Å²) in [6.07, 6.45) is 0.627. The third-order valence-electron chi connectivity index (χ3n) is 4.66. The zero-order chi connectivity index (χ0) is 17.5. The molecule has 1 aliphatic rings. The standard InChI is InChI=1S/C18H15F4NO/c1-10-8-18(10,14-5-3-12(20)7-16(14)22)9-23-17(24)13-4-2-11(19)6-15(13)21/h2-7,10H,8-9H2,1H3,(H,23,24). The summed E-state index contributed by atoms with van der Waals surface area (Å²) >= 11 is 0. The molecule has 3 rings (SSSR count). The minimum Gasteiger partial charge on any atom is -0.351 e. The quantitative estimate of drug-likeness (QED) is 0.841. The first-order chi connectivity index (χ1) is 11.3. The largest absolute Gasteiger partial charge is 0.351 e. The van der Waals surface area contributed by atoms with Crippen LogP contribution in [0.5, 0.6) is 0 Å². The first-order valence-corrected chi connectivity index (χ1v) is 7.52. The Hall–Kier alpha value is -2.37. The van der Waals surface area contributed by atoms with Gasteiger partial charge in [0.05, 0.1) is 5.56 Å². The SMILES string of the molecule is CC1CC1(CNC(=O)c1ccc(F)cc1F)c1ccc(F)cc1F. The molecule has 0 aromatic heterocycles. The number of carbonyl (C=O) groups excluding carboxylic acids is 1. The number of nitrogens with one attached hydrogen (secondary N) is 1. The average Bonchev–Trinajstić information content (AvgIpc) is 3.16. The molecule has 0 bridgehead atoms. The molecule has 1 saturated carbocycles. The molecule has 1 N–H and O–H groups in total. The summed E-state index contributed by atoms with van der Waals surface area (Å²) in [6, 6.07) is 6.04. The van der Waals surface area contributed by atoms with Crippen molar-refractivity contribution in [2.45, 2.75) is 18.8 Å². The molecular formula is C18H15F4NO. The second-order valence-electron chi connectivity index (χ2n) is 6.19. The second kappa shape index (κ2) is 5.92. The van der Waals surface area contributed by atoms with E-state index in [9.17, 15) is 22.4 Å². The molecule has 2 aromatic rings. The van der Waals surface area contributed by atoms with Gasteiger partial charge >= 0.3 is 0 Å². The molecule has 1 fully saturated rings. The first-order valence-electron chi connectivity index (χ1n) is 7.52. The van der Waals surface area contributed by atoms with Crippen LogP contribution in [0, 0.1) is 29.2 Å². The van der Waals surface area contributed by atoms with E-state index >= 15 is 0 Å². The smallest absolute Gasteiger partial charge is 0.254 e. The Labute approximate surface area is 136 Å². The Morgan fingerprint density at radius 3 is 2.21 bits per heavy atom. The van der Waals surface area contributed by atoms with Gasteiger partial charge in [-0.05, 0) is 36.1 Å². The molecule has 0 radical (unpaired) electrons. The summed E-state index contributed by atoms with van der Waals surface area (Å²) < 4.78 is 53.7. The Balaban J connectivity index is 1.78. The highest BCUT2D eigenvalue weighted by Crippen LogP contribution is 2.54. The number of hydrogen-bond acceptors (Lipinski definition) is 1. The molecule has 0 spiro atoms. The van der Waals surface area contributed by atoms with Crippen LogP contribution in [0.15, 0.2) is 36.4 Å². The average molecular weight is 337 g/mol. The molecule has 2 aromatic carbocycles. The molecule has 2 nitrogen and oxygen atoms in total. The number of halogens is 4. The van der Waals surface area contributed by atoms with E-state index < -0.39 is 34.6 Å². The molecular weight excluding hydrogens is 322 g/mol. The summed E-state index contributed by atoms with van der Waals surface area (Å²) in [5, 5.41) is 2.57. The predicted molar refractivity (Wildman–Crippen MR) is 80.5 cm³/mol. The molecule has 2 unspecified atom stereocenters. The van der Waals surface area contributed by atoms with Crippen LogP contribution >= 0.6 is 0 Å². The fraction of sp³-hybridized carbons (Fsp3) is 0.278. The van der Waals surface area contributed by atoms with E-state index in [1.165, 1.54) is 12.1 Å². The molecule has 1 aliphatic carbocycles. The molecule has 0 aliphatic heterocycles. The van der Waals surface area contributed by atoms with Crippen molar-refractivity contribution in [3.8, 4) is 0 Å². The van der Waals surface area contributed by atoms with Crippen molar-refractivity contribution in [1.29, 1.82) is 0 Å². The predicted octanol–water partition coefficient (Wildman–Crippen LogP) is 3.95. The number of hydrogen-bond donors (Lipinski definition) is 1.